The number of ether oxygens (including phenoxy) is 1. The molecule has 1 aliphatic heterocycles. The molecule has 26 heavy (non-hydrogen) atoms. The second kappa shape index (κ2) is 8.45. The predicted octanol–water partition coefficient (Wildman–Crippen LogP) is 4.21. The maximum atomic E-state index is 12.5. The summed E-state index contributed by atoms with van der Waals surface area (Å²) in [5.41, 5.74) is 2.01. The number of hydrogen-bond acceptors (Lipinski definition) is 3. The predicted molar refractivity (Wildman–Crippen MR) is 103 cm³/mol. The monoisotopic (exact) mass is 373 g/mol. The van der Waals surface area contributed by atoms with Crippen molar-refractivity contribution in [1.29, 1.82) is 0 Å². The van der Waals surface area contributed by atoms with E-state index in [2.05, 4.69) is 0 Å². The quantitative estimate of drug-likeness (QED) is 0.853. The highest BCUT2D eigenvalue weighted by molar-refractivity contribution is 6.31. The van der Waals surface area contributed by atoms with Crippen LogP contribution in [-0.2, 0) is 11.2 Å². The molecule has 1 saturated heterocycles. The van der Waals surface area contributed by atoms with Gasteiger partial charge in [0, 0.05) is 18.1 Å². The molecule has 138 valence electrons. The van der Waals surface area contributed by atoms with Crippen molar-refractivity contribution in [3.8, 4) is 11.5 Å². The number of amides is 1. The summed E-state index contributed by atoms with van der Waals surface area (Å²) in [6.07, 6.45) is 2.32. The van der Waals surface area contributed by atoms with Crippen LogP contribution in [0.5, 0.6) is 11.5 Å². The Hall–Kier alpha value is -2.20. The van der Waals surface area contributed by atoms with Crippen LogP contribution in [0.15, 0.2) is 42.5 Å². The van der Waals surface area contributed by atoms with Gasteiger partial charge < -0.3 is 14.7 Å². The van der Waals surface area contributed by atoms with Crippen LogP contribution in [0.3, 0.4) is 0 Å². The Kier molecular flexibility index (Phi) is 6.04. The molecule has 1 fully saturated rings. The average Bonchev–Trinajstić information content (AvgIpc) is 2.65. The fraction of sp³-hybridized carbons (Fsp3) is 0.381. The Morgan fingerprint density at radius 2 is 1.88 bits per heavy atom. The van der Waals surface area contributed by atoms with E-state index in [1.807, 2.05) is 30.0 Å². The molecule has 1 heterocycles. The highest BCUT2D eigenvalue weighted by Crippen LogP contribution is 2.22. The van der Waals surface area contributed by atoms with E-state index >= 15 is 0 Å². The van der Waals surface area contributed by atoms with Crippen molar-refractivity contribution in [1.82, 2.24) is 4.90 Å². The minimum atomic E-state index is 0.171. The topological polar surface area (TPSA) is 49.8 Å². The van der Waals surface area contributed by atoms with Crippen LogP contribution in [0.2, 0.25) is 5.02 Å². The smallest absolute Gasteiger partial charge is 0.226 e. The number of phenols is 1. The summed E-state index contributed by atoms with van der Waals surface area (Å²) >= 11 is 6.04. The summed E-state index contributed by atoms with van der Waals surface area (Å²) < 4.78 is 5.79. The number of aryl methyl sites for hydroxylation is 1. The molecular weight excluding hydrogens is 350 g/mol. The van der Waals surface area contributed by atoms with E-state index < -0.39 is 0 Å². The first-order chi connectivity index (χ1) is 12.5. The van der Waals surface area contributed by atoms with E-state index in [-0.39, 0.29) is 11.7 Å². The van der Waals surface area contributed by atoms with Gasteiger partial charge in [0.05, 0.1) is 13.0 Å². The van der Waals surface area contributed by atoms with Gasteiger partial charge in [0.25, 0.3) is 0 Å². The zero-order chi connectivity index (χ0) is 18.5. The SMILES string of the molecule is Cc1cc(CC(=O)N2CCC(COc3ccc(O)cc3)CC2)ccc1Cl. The van der Waals surface area contributed by atoms with Crippen LogP contribution in [-0.4, -0.2) is 35.6 Å². The molecule has 0 bridgehead atoms. The second-order valence-corrected chi connectivity index (χ2v) is 7.30. The second-order valence-electron chi connectivity index (χ2n) is 6.89. The van der Waals surface area contributed by atoms with E-state index in [0.717, 1.165) is 47.8 Å². The molecule has 2 aromatic carbocycles. The molecule has 0 radical (unpaired) electrons. The summed E-state index contributed by atoms with van der Waals surface area (Å²) in [5.74, 6) is 1.62. The van der Waals surface area contributed by atoms with Crippen LogP contribution >= 0.6 is 11.6 Å². The van der Waals surface area contributed by atoms with Crippen LogP contribution in [0.4, 0.5) is 0 Å². The van der Waals surface area contributed by atoms with Crippen molar-refractivity contribution in [2.45, 2.75) is 26.2 Å². The van der Waals surface area contributed by atoms with Crippen molar-refractivity contribution in [3.05, 3.63) is 58.6 Å². The zero-order valence-corrected chi connectivity index (χ0v) is 15.7. The number of aromatic hydroxyl groups is 1. The van der Waals surface area contributed by atoms with Gasteiger partial charge in [0.15, 0.2) is 0 Å². The van der Waals surface area contributed by atoms with Gasteiger partial charge in [-0.2, -0.15) is 0 Å². The number of phenolic OH excluding ortho intramolecular Hbond substituents is 1. The molecule has 1 N–H and O–H groups in total. The fourth-order valence-corrected chi connectivity index (χ4v) is 3.33. The minimum Gasteiger partial charge on any atom is -0.508 e. The van der Waals surface area contributed by atoms with Crippen LogP contribution in [0.1, 0.15) is 24.0 Å². The van der Waals surface area contributed by atoms with E-state index in [1.54, 1.807) is 24.3 Å². The molecule has 0 saturated carbocycles. The Morgan fingerprint density at radius 1 is 1.19 bits per heavy atom. The molecule has 1 amide bonds. The van der Waals surface area contributed by atoms with Crippen molar-refractivity contribution in [2.75, 3.05) is 19.7 Å². The van der Waals surface area contributed by atoms with Crippen LogP contribution < -0.4 is 4.74 Å². The van der Waals surface area contributed by atoms with Gasteiger partial charge in [0.2, 0.25) is 5.91 Å². The van der Waals surface area contributed by atoms with Gasteiger partial charge in [-0.05, 0) is 67.1 Å². The standard InChI is InChI=1S/C21H24ClNO3/c1-15-12-17(2-7-20(15)22)13-21(25)23-10-8-16(9-11-23)14-26-19-5-3-18(24)4-6-19/h2-7,12,16,24H,8-11,13-14H2,1H3. The third kappa shape index (κ3) is 4.92. The van der Waals surface area contributed by atoms with E-state index in [9.17, 15) is 9.90 Å². The molecule has 4 nitrogen and oxygen atoms in total. The van der Waals surface area contributed by atoms with Gasteiger partial charge in [-0.3, -0.25) is 4.79 Å². The van der Waals surface area contributed by atoms with Crippen LogP contribution in [0, 0.1) is 12.8 Å². The summed E-state index contributed by atoms with van der Waals surface area (Å²) in [4.78, 5) is 14.5. The Bertz CT molecular complexity index is 752. The molecule has 0 atom stereocenters. The lowest BCUT2D eigenvalue weighted by atomic mass is 9.97. The Morgan fingerprint density at radius 3 is 2.54 bits per heavy atom. The van der Waals surface area contributed by atoms with Crippen molar-refractivity contribution >= 4 is 17.5 Å². The number of carbonyl (C=O) groups excluding carboxylic acids is 1. The first-order valence-electron chi connectivity index (χ1n) is 8.96. The number of nitrogens with zero attached hydrogens (tertiary/aromatic N) is 1. The van der Waals surface area contributed by atoms with Crippen molar-refractivity contribution in [2.24, 2.45) is 5.92 Å². The van der Waals surface area contributed by atoms with Gasteiger partial charge in [-0.25, -0.2) is 0 Å². The Labute approximate surface area is 159 Å². The summed E-state index contributed by atoms with van der Waals surface area (Å²) in [6.45, 7) is 4.14. The lowest BCUT2D eigenvalue weighted by Crippen LogP contribution is -2.40. The summed E-state index contributed by atoms with van der Waals surface area (Å²) in [5, 5.41) is 10.0. The van der Waals surface area contributed by atoms with Gasteiger partial charge in [-0.1, -0.05) is 23.7 Å². The first-order valence-corrected chi connectivity index (χ1v) is 9.33. The molecule has 0 unspecified atom stereocenters. The molecule has 0 spiro atoms. The van der Waals surface area contributed by atoms with Gasteiger partial charge >= 0.3 is 0 Å². The number of piperidine rings is 1. The number of likely N-dealkylation sites (tertiary alicyclic amines) is 1. The molecule has 2 aromatic rings. The highest BCUT2D eigenvalue weighted by atomic mass is 35.5. The van der Waals surface area contributed by atoms with Gasteiger partial charge in [-0.15, -0.1) is 0 Å². The third-order valence-electron chi connectivity index (χ3n) is 4.87. The number of rotatable bonds is 5. The number of hydrogen-bond donors (Lipinski definition) is 1. The molecule has 0 aliphatic carbocycles. The zero-order valence-electron chi connectivity index (χ0n) is 15.0. The highest BCUT2D eigenvalue weighted by Gasteiger charge is 2.23. The minimum absolute atomic E-state index is 0.171. The van der Waals surface area contributed by atoms with Crippen LogP contribution in [0.25, 0.3) is 0 Å². The van der Waals surface area contributed by atoms with E-state index in [4.69, 9.17) is 16.3 Å². The van der Waals surface area contributed by atoms with Crippen molar-refractivity contribution < 1.29 is 14.6 Å². The third-order valence-corrected chi connectivity index (χ3v) is 5.29. The lowest BCUT2D eigenvalue weighted by Gasteiger charge is -2.32. The summed E-state index contributed by atoms with van der Waals surface area (Å²) in [7, 11) is 0. The molecule has 0 aromatic heterocycles. The number of halogens is 1. The van der Waals surface area contributed by atoms with E-state index in [1.165, 1.54) is 0 Å². The van der Waals surface area contributed by atoms with Gasteiger partial charge in [0.1, 0.15) is 11.5 Å². The maximum absolute atomic E-state index is 12.5. The maximum Gasteiger partial charge on any atom is 0.226 e. The molecular formula is C21H24ClNO3. The lowest BCUT2D eigenvalue weighted by molar-refractivity contribution is -0.132. The van der Waals surface area contributed by atoms with Crippen molar-refractivity contribution in [3.63, 3.8) is 0 Å². The number of carbonyl (C=O) groups is 1. The van der Waals surface area contributed by atoms with E-state index in [0.29, 0.717) is 18.9 Å². The molecule has 3 rings (SSSR count). The molecule has 1 aliphatic rings. The average molecular weight is 374 g/mol. The fourth-order valence-electron chi connectivity index (χ4n) is 3.21. The first kappa shape index (κ1) is 18.6. The number of benzene rings is 2. The largest absolute Gasteiger partial charge is 0.508 e. The Balaban J connectivity index is 1.44. The molecule has 5 heteroatoms. The normalized spacial score (nSPS) is 15.1. The summed E-state index contributed by atoms with van der Waals surface area (Å²) in [6, 6.07) is 12.5.